The number of halogens is 6. The van der Waals surface area contributed by atoms with Gasteiger partial charge in [-0.3, -0.25) is 4.79 Å². The highest BCUT2D eigenvalue weighted by atomic mass is 35.6. The van der Waals surface area contributed by atoms with Crippen molar-refractivity contribution in [2.45, 2.75) is 14.5 Å². The van der Waals surface area contributed by atoms with Gasteiger partial charge in [-0.05, 0) is 6.92 Å². The van der Waals surface area contributed by atoms with Crippen molar-refractivity contribution in [2.75, 3.05) is 0 Å². The Morgan fingerprint density at radius 2 is 1.26 bits per heavy atom. The number of carbonyl (C=O) groups excluding carboxylic acids is 1. The van der Waals surface area contributed by atoms with Crippen LogP contribution >= 0.6 is 69.6 Å². The monoisotopic (exact) mass is 431 g/mol. The van der Waals surface area contributed by atoms with Gasteiger partial charge >= 0.3 is 0 Å². The van der Waals surface area contributed by atoms with E-state index in [1.165, 1.54) is 6.92 Å². The fourth-order valence-corrected chi connectivity index (χ4v) is 2.12. The summed E-state index contributed by atoms with van der Waals surface area (Å²) in [5.74, 6) is -0.275. The second kappa shape index (κ2) is 6.87. The van der Waals surface area contributed by atoms with Gasteiger partial charge in [0.2, 0.25) is 7.59 Å². The number of ketones is 1. The molecule has 4 nitrogen and oxygen atoms in total. The van der Waals surface area contributed by atoms with Gasteiger partial charge in [-0.25, -0.2) is 15.0 Å². The normalized spacial score (nSPS) is 12.3. The Bertz CT molecular complexity index is 705. The molecule has 0 saturated carbocycles. The second-order valence-electron chi connectivity index (χ2n) is 4.44. The Morgan fingerprint density at radius 3 is 1.61 bits per heavy atom. The van der Waals surface area contributed by atoms with E-state index in [-0.39, 0.29) is 23.3 Å². The lowest BCUT2D eigenvalue weighted by Gasteiger charge is -2.15. The first-order valence-electron chi connectivity index (χ1n) is 6.00. The number of alkyl halides is 6. The quantitative estimate of drug-likeness (QED) is 0.470. The van der Waals surface area contributed by atoms with Crippen molar-refractivity contribution in [3.63, 3.8) is 0 Å². The van der Waals surface area contributed by atoms with Gasteiger partial charge in [0.05, 0.1) is 0 Å². The number of carbonyl (C=O) groups is 1. The number of benzene rings is 1. The highest BCUT2D eigenvalue weighted by molar-refractivity contribution is 6.67. The highest BCUT2D eigenvalue weighted by Gasteiger charge is 2.33. The first kappa shape index (κ1) is 19.0. The van der Waals surface area contributed by atoms with Gasteiger partial charge < -0.3 is 0 Å². The Morgan fingerprint density at radius 1 is 0.826 bits per heavy atom. The molecule has 10 heteroatoms. The smallest absolute Gasteiger partial charge is 0.250 e. The maximum atomic E-state index is 11.3. The molecule has 0 N–H and O–H groups in total. The summed E-state index contributed by atoms with van der Waals surface area (Å²) in [5, 5.41) is 0. The van der Waals surface area contributed by atoms with E-state index in [0.717, 1.165) is 0 Å². The zero-order valence-electron chi connectivity index (χ0n) is 11.3. The average Bonchev–Trinajstić information content (AvgIpc) is 2.45. The molecule has 1 heterocycles. The summed E-state index contributed by atoms with van der Waals surface area (Å²) >= 11 is 34.9. The molecule has 0 bridgehead atoms. The summed E-state index contributed by atoms with van der Waals surface area (Å²) in [6.45, 7) is 1.46. The van der Waals surface area contributed by atoms with Gasteiger partial charge in [0.15, 0.2) is 23.3 Å². The summed E-state index contributed by atoms with van der Waals surface area (Å²) in [6, 6.07) is 6.50. The van der Waals surface area contributed by atoms with Crippen LogP contribution < -0.4 is 0 Å². The summed E-state index contributed by atoms with van der Waals surface area (Å²) in [5.41, 5.74) is 1.08. The van der Waals surface area contributed by atoms with Crippen molar-refractivity contribution in [3.8, 4) is 11.4 Å². The molecule has 23 heavy (non-hydrogen) atoms. The van der Waals surface area contributed by atoms with Crippen LogP contribution in [0.3, 0.4) is 0 Å². The fourth-order valence-electron chi connectivity index (χ4n) is 1.61. The van der Waals surface area contributed by atoms with Crippen LogP contribution in [0.15, 0.2) is 24.3 Å². The van der Waals surface area contributed by atoms with Gasteiger partial charge in [-0.1, -0.05) is 93.9 Å². The molecule has 0 radical (unpaired) electrons. The van der Waals surface area contributed by atoms with Gasteiger partial charge in [-0.15, -0.1) is 0 Å². The van der Waals surface area contributed by atoms with Crippen LogP contribution in [0.25, 0.3) is 11.4 Å². The zero-order chi connectivity index (χ0) is 17.4. The Balaban J connectivity index is 2.59. The van der Waals surface area contributed by atoms with E-state index >= 15 is 0 Å². The highest BCUT2D eigenvalue weighted by Crippen LogP contribution is 2.40. The molecular formula is C13H7Cl6N3O. The van der Waals surface area contributed by atoms with Crippen molar-refractivity contribution < 1.29 is 4.79 Å². The molecule has 0 spiro atoms. The summed E-state index contributed by atoms with van der Waals surface area (Å²) < 4.78 is -3.83. The first-order valence-corrected chi connectivity index (χ1v) is 8.27. The number of hydrogen-bond acceptors (Lipinski definition) is 4. The van der Waals surface area contributed by atoms with Gasteiger partial charge in [0.25, 0.3) is 0 Å². The first-order chi connectivity index (χ1) is 10.5. The van der Waals surface area contributed by atoms with E-state index in [1.807, 2.05) is 0 Å². The van der Waals surface area contributed by atoms with Crippen LogP contribution in [-0.4, -0.2) is 20.7 Å². The standard InChI is InChI=1S/C13H7Cl6N3O/c1-6(23)7-2-4-8(5-3-7)9-20-10(12(14,15)16)22-11(21-9)13(17,18)19/h2-5H,1H3. The maximum Gasteiger partial charge on any atom is 0.250 e. The molecule has 0 fully saturated rings. The molecule has 0 aliphatic rings. The van der Waals surface area contributed by atoms with Crippen molar-refractivity contribution in [1.29, 1.82) is 0 Å². The largest absolute Gasteiger partial charge is 0.295 e. The molecule has 0 amide bonds. The van der Waals surface area contributed by atoms with Crippen molar-refractivity contribution in [2.24, 2.45) is 0 Å². The van der Waals surface area contributed by atoms with E-state index in [4.69, 9.17) is 69.6 Å². The number of rotatable bonds is 2. The number of aromatic nitrogens is 3. The fraction of sp³-hybridized carbons (Fsp3) is 0.231. The van der Waals surface area contributed by atoms with E-state index in [9.17, 15) is 4.79 Å². The average molecular weight is 434 g/mol. The molecule has 0 saturated heterocycles. The number of nitrogens with zero attached hydrogens (tertiary/aromatic N) is 3. The van der Waals surface area contributed by atoms with Crippen LogP contribution in [0.4, 0.5) is 0 Å². The van der Waals surface area contributed by atoms with E-state index < -0.39 is 7.59 Å². The van der Waals surface area contributed by atoms with Crippen molar-refractivity contribution in [1.82, 2.24) is 15.0 Å². The lowest BCUT2D eigenvalue weighted by molar-refractivity contribution is 0.101. The van der Waals surface area contributed by atoms with Crippen LogP contribution in [0.1, 0.15) is 28.9 Å². The van der Waals surface area contributed by atoms with E-state index in [1.54, 1.807) is 24.3 Å². The summed E-state index contributed by atoms with van der Waals surface area (Å²) in [4.78, 5) is 23.4. The topological polar surface area (TPSA) is 55.7 Å². The van der Waals surface area contributed by atoms with Crippen molar-refractivity contribution >= 4 is 75.4 Å². The molecule has 1 aromatic heterocycles. The predicted octanol–water partition coefficient (Wildman–Crippen LogP) is 5.39. The van der Waals surface area contributed by atoms with Crippen LogP contribution in [-0.2, 0) is 7.59 Å². The van der Waals surface area contributed by atoms with Crippen molar-refractivity contribution in [3.05, 3.63) is 41.5 Å². The minimum absolute atomic E-state index is 0.0730. The molecule has 1 aromatic carbocycles. The summed E-state index contributed by atoms with van der Waals surface area (Å²) in [6.07, 6.45) is 0. The Labute approximate surface area is 162 Å². The zero-order valence-corrected chi connectivity index (χ0v) is 15.9. The van der Waals surface area contributed by atoms with Crippen LogP contribution in [0.5, 0.6) is 0 Å². The van der Waals surface area contributed by atoms with Crippen LogP contribution in [0, 0.1) is 0 Å². The predicted molar refractivity (Wildman–Crippen MR) is 93.7 cm³/mol. The van der Waals surface area contributed by atoms with Gasteiger partial charge in [0.1, 0.15) is 0 Å². The second-order valence-corrected chi connectivity index (χ2v) is 9.00. The Hall–Kier alpha value is -0.360. The Kier molecular flexibility index (Phi) is 5.66. The van der Waals surface area contributed by atoms with E-state index in [0.29, 0.717) is 11.1 Å². The molecule has 0 aliphatic heterocycles. The lowest BCUT2D eigenvalue weighted by atomic mass is 10.1. The molecular weight excluding hydrogens is 427 g/mol. The number of hydrogen-bond donors (Lipinski definition) is 0. The van der Waals surface area contributed by atoms with E-state index in [2.05, 4.69) is 15.0 Å². The molecule has 2 rings (SSSR count). The van der Waals surface area contributed by atoms with Gasteiger partial charge in [0, 0.05) is 11.1 Å². The number of Topliss-reactive ketones (excluding diaryl/α,β-unsaturated/α-hetero) is 1. The minimum Gasteiger partial charge on any atom is -0.295 e. The molecule has 0 unspecified atom stereocenters. The SMILES string of the molecule is CC(=O)c1ccc(-c2nc(C(Cl)(Cl)Cl)nc(C(Cl)(Cl)Cl)n2)cc1. The minimum atomic E-state index is -1.91. The molecule has 122 valence electrons. The van der Waals surface area contributed by atoms with Gasteiger partial charge in [-0.2, -0.15) is 0 Å². The maximum absolute atomic E-state index is 11.3. The molecule has 2 aromatic rings. The lowest BCUT2D eigenvalue weighted by Crippen LogP contribution is -2.16. The third-order valence-electron chi connectivity index (χ3n) is 2.69. The third-order valence-corrected chi connectivity index (χ3v) is 3.71. The molecule has 0 atom stereocenters. The van der Waals surface area contributed by atoms with Crippen LogP contribution in [0.2, 0.25) is 0 Å². The third kappa shape index (κ3) is 4.81. The molecule has 0 aliphatic carbocycles. The summed E-state index contributed by atoms with van der Waals surface area (Å²) in [7, 11) is 0.